The Morgan fingerprint density at radius 3 is 1.58 bits per heavy atom. The summed E-state index contributed by atoms with van der Waals surface area (Å²) < 4.78 is 0. The minimum atomic E-state index is -1.02. The number of hydrogen-bond acceptors (Lipinski definition) is 3. The van der Waals surface area contributed by atoms with Crippen molar-refractivity contribution in [3.05, 3.63) is 0 Å². The van der Waals surface area contributed by atoms with Gasteiger partial charge in [-0.2, -0.15) is 0 Å². The van der Waals surface area contributed by atoms with E-state index in [4.69, 9.17) is 10.2 Å². The molecule has 5 nitrogen and oxygen atoms in total. The van der Waals surface area contributed by atoms with E-state index >= 15 is 0 Å². The van der Waals surface area contributed by atoms with Gasteiger partial charge in [-0.15, -0.1) is 0 Å². The van der Waals surface area contributed by atoms with Crippen molar-refractivity contribution in [3.8, 4) is 0 Å². The average Bonchev–Trinajstić information content (AvgIpc) is 1.58. The van der Waals surface area contributed by atoms with E-state index in [1.807, 2.05) is 0 Å². The van der Waals surface area contributed by atoms with Crippen LogP contribution in [0.25, 0.3) is 0 Å². The standard InChI is InChI=1S/C5H9NO4.2Na.2H/c1-6(2-4(7)8)3-5(9)10;;;;/h2-3H2,1H3,(H,7,8)(H,9,10);;;;/q;2*+1;2*-1. The van der Waals surface area contributed by atoms with Crippen molar-refractivity contribution < 1.29 is 81.8 Å². The van der Waals surface area contributed by atoms with Crippen molar-refractivity contribution in [1.29, 1.82) is 0 Å². The Bertz CT molecular complexity index is 145. The number of carbonyl (C=O) groups is 2. The molecule has 0 aromatic rings. The molecule has 0 fully saturated rings. The first-order valence-electron chi connectivity index (χ1n) is 2.64. The molecule has 0 atom stereocenters. The Balaban J connectivity index is -0.0000000675. The fourth-order valence-corrected chi connectivity index (χ4v) is 0.518. The zero-order chi connectivity index (χ0) is 8.15. The smallest absolute Gasteiger partial charge is 1.00 e. The van der Waals surface area contributed by atoms with Gasteiger partial charge in [-0.25, -0.2) is 0 Å². The second-order valence-corrected chi connectivity index (χ2v) is 1.96. The van der Waals surface area contributed by atoms with Crippen LogP contribution in [0.1, 0.15) is 2.85 Å². The number of carboxylic acid groups (broad SMARTS) is 2. The summed E-state index contributed by atoms with van der Waals surface area (Å²) in [4.78, 5) is 21.1. The monoisotopic (exact) mass is 195 g/mol. The van der Waals surface area contributed by atoms with Gasteiger partial charge in [0.05, 0.1) is 13.1 Å². The second-order valence-electron chi connectivity index (χ2n) is 1.96. The summed E-state index contributed by atoms with van der Waals surface area (Å²) in [6.07, 6.45) is 0. The average molecular weight is 195 g/mol. The number of aliphatic carboxylic acids is 2. The van der Waals surface area contributed by atoms with Crippen LogP contribution in [0.2, 0.25) is 0 Å². The van der Waals surface area contributed by atoms with E-state index in [0.29, 0.717) is 0 Å². The zero-order valence-corrected chi connectivity index (χ0v) is 11.6. The minimum absolute atomic E-state index is 0. The van der Waals surface area contributed by atoms with Gasteiger partial charge in [-0.05, 0) is 7.05 Å². The molecule has 0 heterocycles. The van der Waals surface area contributed by atoms with Gasteiger partial charge in [0.15, 0.2) is 0 Å². The maximum absolute atomic E-state index is 9.96. The third-order valence-corrected chi connectivity index (χ3v) is 0.810. The summed E-state index contributed by atoms with van der Waals surface area (Å²) in [6.45, 7) is -0.488. The number of likely N-dealkylation sites (N-methyl/N-ethyl adjacent to an activating group) is 1. The molecule has 7 heteroatoms. The van der Waals surface area contributed by atoms with E-state index in [2.05, 4.69) is 0 Å². The molecule has 0 radical (unpaired) electrons. The Hall–Kier alpha value is 0.900. The summed E-state index contributed by atoms with van der Waals surface area (Å²) in [5, 5.41) is 16.3. The van der Waals surface area contributed by atoms with Crippen LogP contribution in [0.5, 0.6) is 0 Å². The van der Waals surface area contributed by atoms with Gasteiger partial charge in [0.1, 0.15) is 0 Å². The number of carboxylic acids is 2. The molecule has 0 unspecified atom stereocenters. The molecule has 0 rings (SSSR count). The van der Waals surface area contributed by atoms with E-state index < -0.39 is 11.9 Å². The molecule has 0 saturated heterocycles. The molecule has 0 aliphatic carbocycles. The largest absolute Gasteiger partial charge is 1.00 e. The van der Waals surface area contributed by atoms with E-state index in [1.54, 1.807) is 0 Å². The van der Waals surface area contributed by atoms with Crippen molar-refractivity contribution >= 4 is 11.9 Å². The van der Waals surface area contributed by atoms with Crippen LogP contribution in [0.15, 0.2) is 0 Å². The van der Waals surface area contributed by atoms with Gasteiger partial charge in [-0.1, -0.05) is 0 Å². The van der Waals surface area contributed by atoms with E-state index in [0.717, 1.165) is 0 Å². The molecular formula is C5H11NNa2O4. The predicted molar refractivity (Wildman–Crippen MR) is 35.0 cm³/mol. The van der Waals surface area contributed by atoms with Gasteiger partial charge in [0.25, 0.3) is 0 Å². The normalized spacial score (nSPS) is 8.17. The van der Waals surface area contributed by atoms with Crippen molar-refractivity contribution in [2.45, 2.75) is 0 Å². The molecule has 0 saturated carbocycles. The first-order chi connectivity index (χ1) is 4.52. The van der Waals surface area contributed by atoms with Crippen molar-refractivity contribution in [2.75, 3.05) is 20.1 Å². The molecule has 2 N–H and O–H groups in total. The van der Waals surface area contributed by atoms with Gasteiger partial charge in [0.2, 0.25) is 0 Å². The zero-order valence-electron chi connectivity index (χ0n) is 9.57. The molecule has 0 aliphatic heterocycles. The third-order valence-electron chi connectivity index (χ3n) is 0.810. The second kappa shape index (κ2) is 9.98. The van der Waals surface area contributed by atoms with Crippen LogP contribution in [-0.4, -0.2) is 47.2 Å². The number of nitrogens with zero attached hydrogens (tertiary/aromatic N) is 1. The van der Waals surface area contributed by atoms with Crippen LogP contribution in [-0.2, 0) is 9.59 Å². The summed E-state index contributed by atoms with van der Waals surface area (Å²) >= 11 is 0. The number of rotatable bonds is 4. The van der Waals surface area contributed by atoms with Gasteiger partial charge >= 0.3 is 71.1 Å². The Kier molecular flexibility index (Phi) is 15.5. The molecule has 0 aliphatic rings. The van der Waals surface area contributed by atoms with E-state index in [-0.39, 0.29) is 75.1 Å². The van der Waals surface area contributed by atoms with Crippen molar-refractivity contribution in [1.82, 2.24) is 4.90 Å². The fraction of sp³-hybridized carbons (Fsp3) is 0.600. The van der Waals surface area contributed by atoms with Crippen LogP contribution in [0.4, 0.5) is 0 Å². The van der Waals surface area contributed by atoms with Crippen LogP contribution >= 0.6 is 0 Å². The molecule has 0 amide bonds. The Labute approximate surface area is 118 Å². The molecule has 0 aromatic heterocycles. The van der Waals surface area contributed by atoms with Gasteiger partial charge in [0, 0.05) is 0 Å². The number of hydrogen-bond donors (Lipinski definition) is 2. The van der Waals surface area contributed by atoms with Crippen molar-refractivity contribution in [2.24, 2.45) is 0 Å². The molecule has 62 valence electrons. The topological polar surface area (TPSA) is 77.8 Å². The van der Waals surface area contributed by atoms with E-state index in [1.165, 1.54) is 11.9 Å². The summed E-state index contributed by atoms with van der Waals surface area (Å²) in [6, 6.07) is 0. The summed E-state index contributed by atoms with van der Waals surface area (Å²) in [7, 11) is 1.43. The molecule has 0 bridgehead atoms. The molecule has 12 heavy (non-hydrogen) atoms. The Morgan fingerprint density at radius 1 is 1.17 bits per heavy atom. The quantitative estimate of drug-likeness (QED) is 0.436. The van der Waals surface area contributed by atoms with Gasteiger partial charge in [-0.3, -0.25) is 14.5 Å². The predicted octanol–water partition coefficient (Wildman–Crippen LogP) is -6.68. The van der Waals surface area contributed by atoms with E-state index in [9.17, 15) is 9.59 Å². The van der Waals surface area contributed by atoms with Crippen LogP contribution in [0, 0.1) is 0 Å². The summed E-state index contributed by atoms with van der Waals surface area (Å²) in [5.41, 5.74) is 0. The molecular weight excluding hydrogens is 184 g/mol. The van der Waals surface area contributed by atoms with Crippen LogP contribution < -0.4 is 59.1 Å². The maximum Gasteiger partial charge on any atom is 1.00 e. The van der Waals surface area contributed by atoms with Crippen LogP contribution in [0.3, 0.4) is 0 Å². The summed E-state index contributed by atoms with van der Waals surface area (Å²) in [5.74, 6) is -2.05. The first-order valence-corrected chi connectivity index (χ1v) is 2.64. The first kappa shape index (κ1) is 18.6. The van der Waals surface area contributed by atoms with Crippen molar-refractivity contribution in [3.63, 3.8) is 0 Å². The molecule has 0 aromatic carbocycles. The molecule has 0 spiro atoms. The maximum atomic E-state index is 9.96. The fourth-order valence-electron chi connectivity index (χ4n) is 0.518. The minimum Gasteiger partial charge on any atom is -1.00 e. The Morgan fingerprint density at radius 2 is 1.42 bits per heavy atom. The van der Waals surface area contributed by atoms with Gasteiger partial charge < -0.3 is 13.1 Å². The third kappa shape index (κ3) is 13.5. The SMILES string of the molecule is CN(CC(=O)O)CC(=O)O.[H-].[H-].[Na+].[Na+].